The van der Waals surface area contributed by atoms with Crippen molar-refractivity contribution < 1.29 is 23.1 Å². The average Bonchev–Trinajstić information content (AvgIpc) is 3.27. The monoisotopic (exact) mass is 468 g/mol. The summed E-state index contributed by atoms with van der Waals surface area (Å²) in [6.07, 6.45) is 0. The minimum Gasteiger partial charge on any atom is -0.493 e. The van der Waals surface area contributed by atoms with Crippen LogP contribution >= 0.6 is 0 Å². The van der Waals surface area contributed by atoms with Crippen molar-refractivity contribution in [3.63, 3.8) is 0 Å². The highest BCUT2D eigenvalue weighted by Crippen LogP contribution is 2.28. The van der Waals surface area contributed by atoms with Crippen LogP contribution in [0.25, 0.3) is 0 Å². The smallest absolute Gasteiger partial charge is 0.287 e. The summed E-state index contributed by atoms with van der Waals surface area (Å²) >= 11 is 0. The Morgan fingerprint density at radius 2 is 1.65 bits per heavy atom. The molecule has 1 heterocycles. The van der Waals surface area contributed by atoms with Crippen molar-refractivity contribution in [2.75, 3.05) is 14.2 Å². The van der Waals surface area contributed by atoms with Gasteiger partial charge in [-0.1, -0.05) is 32.0 Å². The van der Waals surface area contributed by atoms with Crippen molar-refractivity contribution >= 4 is 5.91 Å². The molecule has 3 aromatic rings. The number of hydrogen-bond acceptors (Lipinski definition) is 5. The van der Waals surface area contributed by atoms with Crippen LogP contribution in [0.5, 0.6) is 11.5 Å². The van der Waals surface area contributed by atoms with Gasteiger partial charge in [0.25, 0.3) is 5.91 Å². The molecular weight excluding hydrogens is 435 g/mol. The Bertz CT molecular complexity index is 1100. The first-order chi connectivity index (χ1) is 16.3. The van der Waals surface area contributed by atoms with Gasteiger partial charge in [0, 0.05) is 19.1 Å². The second kappa shape index (κ2) is 11.7. The van der Waals surface area contributed by atoms with Crippen molar-refractivity contribution in [2.45, 2.75) is 46.4 Å². The van der Waals surface area contributed by atoms with Crippen molar-refractivity contribution in [3.05, 3.63) is 83.1 Å². The molecule has 0 spiro atoms. The molecule has 6 nitrogen and oxygen atoms in total. The summed E-state index contributed by atoms with van der Waals surface area (Å²) in [7, 11) is 3.20. The zero-order chi connectivity index (χ0) is 24.7. The van der Waals surface area contributed by atoms with Gasteiger partial charge in [-0.05, 0) is 60.4 Å². The molecule has 1 aromatic heterocycles. The third-order valence-electron chi connectivity index (χ3n) is 5.77. The quantitative estimate of drug-likeness (QED) is 0.408. The van der Waals surface area contributed by atoms with Gasteiger partial charge in [-0.15, -0.1) is 0 Å². The van der Waals surface area contributed by atoms with Crippen molar-refractivity contribution in [3.8, 4) is 11.5 Å². The molecule has 1 amide bonds. The van der Waals surface area contributed by atoms with Gasteiger partial charge in [-0.25, -0.2) is 4.39 Å². The van der Waals surface area contributed by atoms with Crippen LogP contribution in [-0.2, 0) is 19.6 Å². The number of furan rings is 1. The summed E-state index contributed by atoms with van der Waals surface area (Å²) < 4.78 is 30.4. The Hall–Kier alpha value is -3.32. The molecule has 182 valence electrons. The Morgan fingerprint density at radius 1 is 0.941 bits per heavy atom. The van der Waals surface area contributed by atoms with Crippen LogP contribution in [0.3, 0.4) is 0 Å². The molecule has 2 aromatic carbocycles. The number of nitrogens with one attached hydrogen (secondary N) is 1. The number of halogens is 1. The van der Waals surface area contributed by atoms with E-state index < -0.39 is 0 Å². The van der Waals surface area contributed by atoms with E-state index in [1.165, 1.54) is 12.1 Å². The molecule has 0 fully saturated rings. The molecule has 1 N–H and O–H groups in total. The van der Waals surface area contributed by atoms with E-state index in [4.69, 9.17) is 13.9 Å². The second-order valence-corrected chi connectivity index (χ2v) is 8.74. The topological polar surface area (TPSA) is 63.9 Å². The summed E-state index contributed by atoms with van der Waals surface area (Å²) in [5, 5.41) is 2.96. The molecule has 1 atom stereocenters. The van der Waals surface area contributed by atoms with Crippen molar-refractivity contribution in [1.29, 1.82) is 0 Å². The fraction of sp³-hybridized carbons (Fsp3) is 0.370. The molecule has 0 aliphatic carbocycles. The molecule has 0 bridgehead atoms. The third kappa shape index (κ3) is 6.84. The van der Waals surface area contributed by atoms with Crippen LogP contribution in [0.4, 0.5) is 4.39 Å². The maximum atomic E-state index is 13.8. The summed E-state index contributed by atoms with van der Waals surface area (Å²) in [5.41, 5.74) is 1.85. The SMILES string of the molecule is COc1ccc(CN(Cc2cccc(F)c2)Cc2ccc(C(=O)NC(C)C(C)C)o2)cc1OC. The number of rotatable bonds is 11. The van der Waals surface area contributed by atoms with Gasteiger partial charge in [-0.2, -0.15) is 0 Å². The van der Waals surface area contributed by atoms with Gasteiger partial charge in [0.2, 0.25) is 0 Å². The highest BCUT2D eigenvalue weighted by atomic mass is 19.1. The molecule has 0 aliphatic rings. The van der Waals surface area contributed by atoms with E-state index in [1.807, 2.05) is 37.3 Å². The standard InChI is InChI=1S/C27H33FN2O4/c1-18(2)19(3)29-27(31)25-12-10-23(34-25)17-30(15-20-7-6-8-22(28)13-20)16-21-9-11-24(32-4)26(14-21)33-5/h6-14,18-19H,15-17H2,1-5H3,(H,29,31). The van der Waals surface area contributed by atoms with Crippen LogP contribution in [0.1, 0.15) is 48.2 Å². The van der Waals surface area contributed by atoms with Crippen LogP contribution in [-0.4, -0.2) is 31.1 Å². The Balaban J connectivity index is 1.79. The molecule has 34 heavy (non-hydrogen) atoms. The fourth-order valence-corrected chi connectivity index (χ4v) is 3.55. The zero-order valence-corrected chi connectivity index (χ0v) is 20.4. The highest BCUT2D eigenvalue weighted by Gasteiger charge is 2.18. The summed E-state index contributed by atoms with van der Waals surface area (Å²) in [6.45, 7) is 7.57. The largest absolute Gasteiger partial charge is 0.493 e. The molecule has 7 heteroatoms. The van der Waals surface area contributed by atoms with Crippen LogP contribution in [0.2, 0.25) is 0 Å². The number of nitrogens with zero attached hydrogens (tertiary/aromatic N) is 1. The summed E-state index contributed by atoms with van der Waals surface area (Å²) in [6, 6.07) is 15.8. The minimum atomic E-state index is -0.278. The van der Waals surface area contributed by atoms with Gasteiger partial charge >= 0.3 is 0 Å². The van der Waals surface area contributed by atoms with E-state index >= 15 is 0 Å². The molecule has 1 unspecified atom stereocenters. The zero-order valence-electron chi connectivity index (χ0n) is 20.4. The van der Waals surface area contributed by atoms with Crippen molar-refractivity contribution in [2.24, 2.45) is 5.92 Å². The molecule has 0 radical (unpaired) electrons. The molecule has 0 saturated carbocycles. The van der Waals surface area contributed by atoms with Crippen LogP contribution in [0, 0.1) is 11.7 Å². The molecule has 0 saturated heterocycles. The summed E-state index contributed by atoms with van der Waals surface area (Å²) in [4.78, 5) is 14.6. The number of amides is 1. The number of ether oxygens (including phenoxy) is 2. The highest BCUT2D eigenvalue weighted by molar-refractivity contribution is 5.91. The van der Waals surface area contributed by atoms with E-state index in [2.05, 4.69) is 24.1 Å². The van der Waals surface area contributed by atoms with Gasteiger partial charge in [0.1, 0.15) is 11.6 Å². The fourth-order valence-electron chi connectivity index (χ4n) is 3.55. The minimum absolute atomic E-state index is 0.0376. The number of carbonyl (C=O) groups is 1. The van der Waals surface area contributed by atoms with E-state index in [0.717, 1.165) is 11.1 Å². The first kappa shape index (κ1) is 25.3. The first-order valence-electron chi connectivity index (χ1n) is 11.4. The number of hydrogen-bond donors (Lipinski definition) is 1. The number of benzene rings is 2. The van der Waals surface area contributed by atoms with Gasteiger partial charge in [0.05, 0.1) is 20.8 Å². The summed E-state index contributed by atoms with van der Waals surface area (Å²) in [5.74, 6) is 2.03. The van der Waals surface area contributed by atoms with Gasteiger partial charge < -0.3 is 19.2 Å². The number of carbonyl (C=O) groups excluding carboxylic acids is 1. The maximum Gasteiger partial charge on any atom is 0.287 e. The third-order valence-corrected chi connectivity index (χ3v) is 5.77. The predicted molar refractivity (Wildman–Crippen MR) is 129 cm³/mol. The van der Waals surface area contributed by atoms with E-state index in [0.29, 0.717) is 42.8 Å². The lowest BCUT2D eigenvalue weighted by atomic mass is 10.1. The molecule has 3 rings (SSSR count). The van der Waals surface area contributed by atoms with Gasteiger partial charge in [0.15, 0.2) is 17.3 Å². The lowest BCUT2D eigenvalue weighted by Gasteiger charge is -2.22. The van der Waals surface area contributed by atoms with Crippen LogP contribution in [0.15, 0.2) is 59.0 Å². The Kier molecular flexibility index (Phi) is 8.71. The lowest BCUT2D eigenvalue weighted by Crippen LogP contribution is -2.35. The number of methoxy groups -OCH3 is 2. The maximum absolute atomic E-state index is 13.8. The van der Waals surface area contributed by atoms with Gasteiger partial charge in [-0.3, -0.25) is 9.69 Å². The lowest BCUT2D eigenvalue weighted by molar-refractivity contribution is 0.0897. The van der Waals surface area contributed by atoms with E-state index in [9.17, 15) is 9.18 Å². The average molecular weight is 469 g/mol. The van der Waals surface area contributed by atoms with E-state index in [-0.39, 0.29) is 23.5 Å². The first-order valence-corrected chi connectivity index (χ1v) is 11.4. The Labute approximate surface area is 200 Å². The van der Waals surface area contributed by atoms with E-state index in [1.54, 1.807) is 26.4 Å². The normalized spacial score (nSPS) is 12.1. The molecule has 0 aliphatic heterocycles. The Morgan fingerprint density at radius 3 is 2.29 bits per heavy atom. The molecular formula is C27H33FN2O4. The van der Waals surface area contributed by atoms with Crippen LogP contribution < -0.4 is 14.8 Å². The predicted octanol–water partition coefficient (Wildman–Crippen LogP) is 5.41. The second-order valence-electron chi connectivity index (χ2n) is 8.74. The van der Waals surface area contributed by atoms with Crippen molar-refractivity contribution in [1.82, 2.24) is 10.2 Å².